The number of hydrogen-bond acceptors (Lipinski definition) is 4. The van der Waals surface area contributed by atoms with Crippen LogP contribution in [0.4, 0.5) is 13.2 Å². The minimum Gasteiger partial charge on any atom is -0.493 e. The van der Waals surface area contributed by atoms with Crippen LogP contribution in [0.5, 0.6) is 11.5 Å². The van der Waals surface area contributed by atoms with Gasteiger partial charge in [0, 0.05) is 5.71 Å². The van der Waals surface area contributed by atoms with Gasteiger partial charge in [-0.1, -0.05) is 0 Å². The van der Waals surface area contributed by atoms with Crippen molar-refractivity contribution >= 4 is 11.5 Å². The van der Waals surface area contributed by atoms with Crippen molar-refractivity contribution in [1.29, 1.82) is 5.41 Å². The summed E-state index contributed by atoms with van der Waals surface area (Å²) in [6.07, 6.45) is -5.93. The van der Waals surface area contributed by atoms with Gasteiger partial charge in [-0.3, -0.25) is 4.79 Å². The molecule has 0 aliphatic heterocycles. The molecule has 0 amide bonds. The average molecular weight is 275 g/mol. The van der Waals surface area contributed by atoms with Gasteiger partial charge in [0.2, 0.25) is 5.78 Å². The largest absolute Gasteiger partial charge is 0.493 e. The number of carbonyl (C=O) groups excluding carboxylic acids is 1. The zero-order valence-electron chi connectivity index (χ0n) is 10.3. The molecule has 0 fully saturated rings. The van der Waals surface area contributed by atoms with Gasteiger partial charge < -0.3 is 14.9 Å². The average Bonchev–Trinajstić information content (AvgIpc) is 2.36. The Morgan fingerprint density at radius 1 is 1.21 bits per heavy atom. The summed E-state index contributed by atoms with van der Waals surface area (Å²) < 4.78 is 46.2. The number of alkyl halides is 3. The summed E-state index contributed by atoms with van der Waals surface area (Å²) in [5.74, 6) is -1.28. The SMILES string of the molecule is COc1ccc(C(=N)CC(=O)C(F)(F)F)cc1OC. The summed E-state index contributed by atoms with van der Waals surface area (Å²) in [4.78, 5) is 10.8. The van der Waals surface area contributed by atoms with Crippen LogP contribution in [0, 0.1) is 5.41 Å². The van der Waals surface area contributed by atoms with Crippen LogP contribution >= 0.6 is 0 Å². The first kappa shape index (κ1) is 15.0. The number of hydrogen-bond donors (Lipinski definition) is 1. The maximum atomic E-state index is 12.1. The molecule has 1 aromatic carbocycles. The summed E-state index contributed by atoms with van der Waals surface area (Å²) in [7, 11) is 2.78. The number of ketones is 1. The third-order valence-corrected chi connectivity index (χ3v) is 2.39. The predicted molar refractivity (Wildman–Crippen MR) is 62.1 cm³/mol. The Morgan fingerprint density at radius 3 is 2.26 bits per heavy atom. The van der Waals surface area contributed by atoms with Crippen LogP contribution in [-0.2, 0) is 4.79 Å². The fourth-order valence-corrected chi connectivity index (χ4v) is 1.39. The first-order valence-corrected chi connectivity index (χ1v) is 5.19. The Hall–Kier alpha value is -2.05. The molecule has 19 heavy (non-hydrogen) atoms. The molecule has 0 bridgehead atoms. The molecule has 0 aromatic heterocycles. The first-order valence-electron chi connectivity index (χ1n) is 5.19. The van der Waals surface area contributed by atoms with E-state index in [4.69, 9.17) is 14.9 Å². The molecule has 0 heterocycles. The van der Waals surface area contributed by atoms with E-state index in [1.54, 1.807) is 0 Å². The zero-order chi connectivity index (χ0) is 14.6. The standard InChI is InChI=1S/C12H12F3NO3/c1-18-9-4-3-7(5-10(9)19-2)8(16)6-11(17)12(13,14)15/h3-5,16H,6H2,1-2H3. The lowest BCUT2D eigenvalue weighted by atomic mass is 10.0. The van der Waals surface area contributed by atoms with Crippen LogP contribution in [0.2, 0.25) is 0 Å². The highest BCUT2D eigenvalue weighted by atomic mass is 19.4. The number of benzene rings is 1. The lowest BCUT2D eigenvalue weighted by molar-refractivity contribution is -0.169. The molecule has 7 heteroatoms. The van der Waals surface area contributed by atoms with E-state index < -0.39 is 24.1 Å². The van der Waals surface area contributed by atoms with E-state index in [0.29, 0.717) is 5.75 Å². The van der Waals surface area contributed by atoms with E-state index in [0.717, 1.165) is 0 Å². The molecule has 0 saturated carbocycles. The number of methoxy groups -OCH3 is 2. The van der Waals surface area contributed by atoms with Crippen LogP contribution in [-0.4, -0.2) is 31.9 Å². The molecule has 0 aliphatic rings. The molecule has 1 aromatic rings. The van der Waals surface area contributed by atoms with Crippen molar-refractivity contribution in [2.75, 3.05) is 14.2 Å². The van der Waals surface area contributed by atoms with Gasteiger partial charge in [0.25, 0.3) is 0 Å². The minimum absolute atomic E-state index is 0.176. The first-order chi connectivity index (χ1) is 8.79. The highest BCUT2D eigenvalue weighted by Gasteiger charge is 2.38. The number of ether oxygens (including phenoxy) is 2. The maximum Gasteiger partial charge on any atom is 0.450 e. The van der Waals surface area contributed by atoms with Crippen molar-refractivity contribution in [2.24, 2.45) is 0 Å². The third-order valence-electron chi connectivity index (χ3n) is 2.39. The lowest BCUT2D eigenvalue weighted by Crippen LogP contribution is -2.25. The lowest BCUT2D eigenvalue weighted by Gasteiger charge is -2.10. The summed E-state index contributed by atoms with van der Waals surface area (Å²) in [6.45, 7) is 0. The van der Waals surface area contributed by atoms with Crippen molar-refractivity contribution in [3.05, 3.63) is 23.8 Å². The van der Waals surface area contributed by atoms with Gasteiger partial charge in [0.1, 0.15) is 0 Å². The Balaban J connectivity index is 2.92. The van der Waals surface area contributed by atoms with E-state index >= 15 is 0 Å². The fourth-order valence-electron chi connectivity index (χ4n) is 1.39. The van der Waals surface area contributed by atoms with Crippen LogP contribution in [0.3, 0.4) is 0 Å². The van der Waals surface area contributed by atoms with Crippen LogP contribution < -0.4 is 9.47 Å². The molecule has 4 nitrogen and oxygen atoms in total. The molecule has 0 spiro atoms. The number of nitrogens with one attached hydrogen (secondary N) is 1. The number of carbonyl (C=O) groups is 1. The number of rotatable bonds is 5. The topological polar surface area (TPSA) is 59.4 Å². The number of halogens is 3. The van der Waals surface area contributed by atoms with E-state index in [1.165, 1.54) is 32.4 Å². The highest BCUT2D eigenvalue weighted by molar-refractivity contribution is 6.11. The van der Waals surface area contributed by atoms with Crippen LogP contribution in [0.25, 0.3) is 0 Å². The quantitative estimate of drug-likeness (QED) is 0.840. The van der Waals surface area contributed by atoms with E-state index in [1.807, 2.05) is 0 Å². The molecular weight excluding hydrogens is 263 g/mol. The van der Waals surface area contributed by atoms with E-state index in [-0.39, 0.29) is 11.3 Å². The second kappa shape index (κ2) is 5.73. The van der Waals surface area contributed by atoms with Crippen molar-refractivity contribution in [2.45, 2.75) is 12.6 Å². The second-order valence-corrected chi connectivity index (χ2v) is 3.65. The maximum absolute atomic E-state index is 12.1. The van der Waals surface area contributed by atoms with E-state index in [2.05, 4.69) is 0 Å². The summed E-state index contributed by atoms with van der Waals surface area (Å²) in [5.41, 5.74) is -0.251. The minimum atomic E-state index is -4.93. The molecular formula is C12H12F3NO3. The molecule has 0 unspecified atom stereocenters. The molecule has 1 N–H and O–H groups in total. The normalized spacial score (nSPS) is 11.0. The number of Topliss-reactive ketones (excluding diaryl/α,β-unsaturated/α-hetero) is 1. The fraction of sp³-hybridized carbons (Fsp3) is 0.333. The summed E-state index contributed by atoms with van der Waals surface area (Å²) >= 11 is 0. The highest BCUT2D eigenvalue weighted by Crippen LogP contribution is 2.28. The Labute approximate surface area is 107 Å². The molecule has 0 radical (unpaired) electrons. The second-order valence-electron chi connectivity index (χ2n) is 3.65. The van der Waals surface area contributed by atoms with Crippen molar-refractivity contribution in [1.82, 2.24) is 0 Å². The van der Waals surface area contributed by atoms with Gasteiger partial charge >= 0.3 is 6.18 Å². The molecule has 104 valence electrons. The molecule has 0 aliphatic carbocycles. The van der Waals surface area contributed by atoms with Gasteiger partial charge in [-0.25, -0.2) is 0 Å². The Bertz CT molecular complexity index is 497. The van der Waals surface area contributed by atoms with Crippen molar-refractivity contribution in [3.63, 3.8) is 0 Å². The van der Waals surface area contributed by atoms with Gasteiger partial charge in [-0.15, -0.1) is 0 Å². The van der Waals surface area contributed by atoms with Gasteiger partial charge in [-0.05, 0) is 23.8 Å². The van der Waals surface area contributed by atoms with Gasteiger partial charge in [0.15, 0.2) is 11.5 Å². The van der Waals surface area contributed by atoms with E-state index in [9.17, 15) is 18.0 Å². The smallest absolute Gasteiger partial charge is 0.450 e. The van der Waals surface area contributed by atoms with Crippen molar-refractivity contribution < 1.29 is 27.4 Å². The van der Waals surface area contributed by atoms with Crippen molar-refractivity contribution in [3.8, 4) is 11.5 Å². The predicted octanol–water partition coefficient (Wildman–Crippen LogP) is 2.59. The Morgan fingerprint density at radius 2 is 1.79 bits per heavy atom. The van der Waals surface area contributed by atoms with Gasteiger partial charge in [-0.2, -0.15) is 13.2 Å². The Kier molecular flexibility index (Phi) is 4.52. The summed E-state index contributed by atoms with van der Waals surface area (Å²) in [6, 6.07) is 4.21. The third kappa shape index (κ3) is 3.70. The molecule has 1 rings (SSSR count). The molecule has 0 saturated heterocycles. The monoisotopic (exact) mass is 275 g/mol. The van der Waals surface area contributed by atoms with Crippen LogP contribution in [0.15, 0.2) is 18.2 Å². The van der Waals surface area contributed by atoms with Gasteiger partial charge in [0.05, 0.1) is 20.6 Å². The van der Waals surface area contributed by atoms with Crippen LogP contribution in [0.1, 0.15) is 12.0 Å². The summed E-state index contributed by atoms with van der Waals surface area (Å²) in [5, 5.41) is 7.52. The zero-order valence-corrected chi connectivity index (χ0v) is 10.3. The molecule has 0 atom stereocenters.